The van der Waals surface area contributed by atoms with E-state index in [9.17, 15) is 27.6 Å². The number of halogens is 3. The highest BCUT2D eigenvalue weighted by Crippen LogP contribution is 2.30. The smallest absolute Gasteiger partial charge is 0.295 e. The van der Waals surface area contributed by atoms with Crippen LogP contribution in [0.2, 0.25) is 0 Å². The number of piperazine rings is 1. The summed E-state index contributed by atoms with van der Waals surface area (Å²) < 4.78 is 47.3. The Hall–Kier alpha value is -4.48. The highest BCUT2D eigenvalue weighted by Gasteiger charge is 2.32. The summed E-state index contributed by atoms with van der Waals surface area (Å²) in [4.78, 5) is 47.6. The van der Waals surface area contributed by atoms with Gasteiger partial charge in [-0.1, -0.05) is 11.2 Å². The lowest BCUT2D eigenvalue weighted by Crippen LogP contribution is -2.52. The van der Waals surface area contributed by atoms with Gasteiger partial charge in [0.15, 0.2) is 0 Å². The summed E-state index contributed by atoms with van der Waals surface area (Å²) in [6, 6.07) is 5.68. The van der Waals surface area contributed by atoms with Crippen LogP contribution in [0.4, 0.5) is 13.2 Å². The monoisotopic (exact) mass is 483 g/mol. The van der Waals surface area contributed by atoms with E-state index < -0.39 is 40.6 Å². The lowest BCUT2D eigenvalue weighted by atomic mass is 10.0. The van der Waals surface area contributed by atoms with Crippen molar-refractivity contribution in [3.8, 4) is 11.4 Å². The van der Waals surface area contributed by atoms with Crippen molar-refractivity contribution >= 4 is 28.5 Å². The molecule has 0 aliphatic carbocycles. The summed E-state index contributed by atoms with van der Waals surface area (Å²) >= 11 is 0. The molecule has 178 valence electrons. The zero-order valence-corrected chi connectivity index (χ0v) is 17.9. The average Bonchev–Trinajstić information content (AvgIpc) is 3.54. The molecule has 35 heavy (non-hydrogen) atoms. The number of hydrogen-bond donors (Lipinski definition) is 1. The minimum atomic E-state index is -0.981. The number of aromatic amines is 1. The predicted molar refractivity (Wildman–Crippen MR) is 115 cm³/mol. The molecule has 9 nitrogen and oxygen atoms in total. The first kappa shape index (κ1) is 22.3. The number of amides is 2. The molecule has 0 saturated carbocycles. The summed E-state index contributed by atoms with van der Waals surface area (Å²) in [5, 5.41) is 3.63. The van der Waals surface area contributed by atoms with Crippen molar-refractivity contribution in [3.05, 3.63) is 71.5 Å². The van der Waals surface area contributed by atoms with E-state index in [-0.39, 0.29) is 48.5 Å². The van der Waals surface area contributed by atoms with Crippen molar-refractivity contribution in [1.29, 1.82) is 0 Å². The lowest BCUT2D eigenvalue weighted by Gasteiger charge is -2.34. The third kappa shape index (κ3) is 3.82. The first-order chi connectivity index (χ1) is 16.9. The number of rotatable bonds is 4. The number of carbonyl (C=O) groups is 3. The molecule has 12 heteroatoms. The van der Waals surface area contributed by atoms with Gasteiger partial charge in [-0.15, -0.1) is 0 Å². The molecule has 2 aromatic carbocycles. The van der Waals surface area contributed by atoms with Gasteiger partial charge in [0.05, 0.1) is 11.1 Å². The van der Waals surface area contributed by atoms with Gasteiger partial charge in [0.2, 0.25) is 12.2 Å². The van der Waals surface area contributed by atoms with Crippen molar-refractivity contribution in [2.75, 3.05) is 26.2 Å². The molecule has 1 aliphatic heterocycles. The number of H-pyrrole nitrogens is 1. The third-order valence-electron chi connectivity index (χ3n) is 5.86. The van der Waals surface area contributed by atoms with Gasteiger partial charge in [0, 0.05) is 43.3 Å². The molecular weight excluding hydrogens is 467 g/mol. The Morgan fingerprint density at radius 1 is 0.914 bits per heavy atom. The zero-order valence-electron chi connectivity index (χ0n) is 17.9. The fourth-order valence-electron chi connectivity index (χ4n) is 4.09. The molecule has 0 atom stereocenters. The van der Waals surface area contributed by atoms with Gasteiger partial charge in [-0.2, -0.15) is 4.98 Å². The van der Waals surface area contributed by atoms with Crippen LogP contribution >= 0.6 is 0 Å². The maximum atomic E-state index is 14.7. The minimum Gasteiger partial charge on any atom is -0.360 e. The van der Waals surface area contributed by atoms with Crippen LogP contribution in [-0.4, -0.2) is 68.7 Å². The van der Waals surface area contributed by atoms with Crippen molar-refractivity contribution in [2.45, 2.75) is 0 Å². The average molecular weight is 483 g/mol. The topological polar surface area (TPSA) is 112 Å². The number of benzene rings is 2. The van der Waals surface area contributed by atoms with Crippen LogP contribution in [0.25, 0.3) is 22.3 Å². The Morgan fingerprint density at radius 2 is 1.60 bits per heavy atom. The van der Waals surface area contributed by atoms with E-state index >= 15 is 0 Å². The number of fused-ring (bicyclic) bond motifs is 1. The summed E-state index contributed by atoms with van der Waals surface area (Å²) in [5.41, 5.74) is -0.228. The molecular formula is C23H16F3N5O4. The summed E-state index contributed by atoms with van der Waals surface area (Å²) in [7, 11) is 0. The van der Waals surface area contributed by atoms with Crippen LogP contribution in [0.3, 0.4) is 0 Å². The van der Waals surface area contributed by atoms with Gasteiger partial charge < -0.3 is 19.3 Å². The van der Waals surface area contributed by atoms with Crippen LogP contribution in [0.15, 0.2) is 47.4 Å². The van der Waals surface area contributed by atoms with E-state index in [2.05, 4.69) is 15.1 Å². The van der Waals surface area contributed by atoms with Crippen molar-refractivity contribution in [2.24, 2.45) is 0 Å². The predicted octanol–water partition coefficient (Wildman–Crippen LogP) is 2.80. The fraction of sp³-hybridized carbons (Fsp3) is 0.174. The zero-order chi connectivity index (χ0) is 24.7. The van der Waals surface area contributed by atoms with Crippen LogP contribution < -0.4 is 0 Å². The normalized spacial score (nSPS) is 13.9. The minimum absolute atomic E-state index is 0.0319. The molecule has 3 heterocycles. The van der Waals surface area contributed by atoms with Crippen molar-refractivity contribution < 1.29 is 32.1 Å². The lowest BCUT2D eigenvalue weighted by molar-refractivity contribution is -0.127. The third-order valence-corrected chi connectivity index (χ3v) is 5.86. The molecule has 0 bridgehead atoms. The standard InChI is InChI=1S/C23H16F3N5O4/c24-14-2-1-3-15(25)18(14)22(33)30-6-8-31(9-7-30)23(34)20(32)13-10-27-19-12(21-28-11-35-29-21)4-5-16(26)17(13)19/h1-5,10-11,27H,6-9H2. The Kier molecular flexibility index (Phi) is 5.55. The Bertz CT molecular complexity index is 1440. The number of hydrogen-bond acceptors (Lipinski definition) is 6. The van der Waals surface area contributed by atoms with E-state index in [1.165, 1.54) is 22.1 Å². The van der Waals surface area contributed by atoms with Crippen LogP contribution in [0, 0.1) is 17.5 Å². The molecule has 1 fully saturated rings. The van der Waals surface area contributed by atoms with E-state index in [1.54, 1.807) is 0 Å². The van der Waals surface area contributed by atoms with Crippen LogP contribution in [-0.2, 0) is 4.79 Å². The molecule has 1 N–H and O–H groups in total. The van der Waals surface area contributed by atoms with Gasteiger partial charge in [0.1, 0.15) is 23.0 Å². The van der Waals surface area contributed by atoms with E-state index in [0.717, 1.165) is 30.7 Å². The maximum absolute atomic E-state index is 14.7. The Labute approximate surface area is 195 Å². The second-order valence-electron chi connectivity index (χ2n) is 7.81. The Balaban J connectivity index is 1.34. The SMILES string of the molecule is O=C(C(=O)N1CCN(C(=O)c2c(F)cccc2F)CC1)c1c[nH]c2c(-c3ncon3)ccc(F)c12. The number of carbonyl (C=O) groups excluding carboxylic acids is 3. The van der Waals surface area contributed by atoms with E-state index in [0.29, 0.717) is 5.56 Å². The number of Topliss-reactive ketones (excluding diaryl/α,β-unsaturated/α-hetero) is 1. The van der Waals surface area contributed by atoms with Crippen molar-refractivity contribution in [3.63, 3.8) is 0 Å². The highest BCUT2D eigenvalue weighted by atomic mass is 19.1. The molecule has 0 unspecified atom stereocenters. The number of nitrogens with zero attached hydrogens (tertiary/aromatic N) is 4. The molecule has 2 amide bonds. The molecule has 1 aliphatic rings. The number of aromatic nitrogens is 3. The van der Waals surface area contributed by atoms with Gasteiger partial charge >= 0.3 is 0 Å². The second-order valence-corrected chi connectivity index (χ2v) is 7.81. The quantitative estimate of drug-likeness (QED) is 0.353. The largest absolute Gasteiger partial charge is 0.360 e. The van der Waals surface area contributed by atoms with Crippen molar-refractivity contribution in [1.82, 2.24) is 24.9 Å². The molecule has 0 spiro atoms. The van der Waals surface area contributed by atoms with Gasteiger partial charge in [-0.25, -0.2) is 13.2 Å². The van der Waals surface area contributed by atoms with Gasteiger partial charge in [-0.3, -0.25) is 14.4 Å². The fourth-order valence-corrected chi connectivity index (χ4v) is 4.09. The van der Waals surface area contributed by atoms with Crippen LogP contribution in [0.1, 0.15) is 20.7 Å². The molecule has 1 saturated heterocycles. The van der Waals surface area contributed by atoms with Gasteiger partial charge in [-0.05, 0) is 24.3 Å². The maximum Gasteiger partial charge on any atom is 0.295 e. The first-order valence-electron chi connectivity index (χ1n) is 10.5. The molecule has 5 rings (SSSR count). The summed E-state index contributed by atoms with van der Waals surface area (Å²) in [6.07, 6.45) is 2.34. The molecule has 4 aromatic rings. The highest BCUT2D eigenvalue weighted by molar-refractivity contribution is 6.45. The van der Waals surface area contributed by atoms with E-state index in [4.69, 9.17) is 4.52 Å². The summed E-state index contributed by atoms with van der Waals surface area (Å²) in [6.45, 7) is -0.137. The van der Waals surface area contributed by atoms with Gasteiger partial charge in [0.25, 0.3) is 17.6 Å². The van der Waals surface area contributed by atoms with E-state index in [1.807, 2.05) is 0 Å². The number of ketones is 1. The first-order valence-corrected chi connectivity index (χ1v) is 10.5. The second kappa shape index (κ2) is 8.70. The molecule has 2 aromatic heterocycles. The summed E-state index contributed by atoms with van der Waals surface area (Å²) in [5.74, 6) is -5.18. The molecule has 0 radical (unpaired) electrons. The Morgan fingerprint density at radius 3 is 2.26 bits per heavy atom. The van der Waals surface area contributed by atoms with Crippen LogP contribution in [0.5, 0.6) is 0 Å². The number of nitrogens with one attached hydrogen (secondary N) is 1.